The predicted octanol–water partition coefficient (Wildman–Crippen LogP) is 4.73. The molecule has 1 unspecified atom stereocenters. The highest BCUT2D eigenvalue weighted by Gasteiger charge is 2.32. The van der Waals surface area contributed by atoms with Gasteiger partial charge in [0.1, 0.15) is 5.92 Å². The molecule has 3 aromatic carbocycles. The van der Waals surface area contributed by atoms with Crippen molar-refractivity contribution in [2.24, 2.45) is 0 Å². The van der Waals surface area contributed by atoms with E-state index in [0.717, 1.165) is 16.3 Å². The number of hydrogen-bond donors (Lipinski definition) is 0. The smallest absolute Gasteiger partial charge is 0.317 e. The molecule has 1 aromatic heterocycles. The molecular weight excluding hydrogens is 422 g/mol. The average Bonchev–Trinajstić information content (AvgIpc) is 2.86. The van der Waals surface area contributed by atoms with Crippen LogP contribution in [0.15, 0.2) is 54.6 Å². The Balaban J connectivity index is 2.10. The Morgan fingerprint density at radius 3 is 2.15 bits per heavy atom. The Labute approximate surface area is 191 Å². The van der Waals surface area contributed by atoms with Gasteiger partial charge in [0.25, 0.3) is 0 Å². The number of esters is 1. The molecule has 33 heavy (non-hydrogen) atoms. The van der Waals surface area contributed by atoms with Crippen molar-refractivity contribution in [2.45, 2.75) is 5.92 Å². The van der Waals surface area contributed by atoms with Crippen molar-refractivity contribution in [3.8, 4) is 23.0 Å². The maximum absolute atomic E-state index is 13.2. The molecule has 7 nitrogen and oxygen atoms in total. The number of hydrogen-bond acceptors (Lipinski definition) is 7. The molecule has 0 radical (unpaired) electrons. The van der Waals surface area contributed by atoms with Crippen molar-refractivity contribution in [2.75, 3.05) is 35.5 Å². The van der Waals surface area contributed by atoms with Crippen molar-refractivity contribution >= 4 is 27.8 Å². The molecule has 0 N–H and O–H groups in total. The molecule has 1 atom stereocenters. The zero-order valence-corrected chi connectivity index (χ0v) is 19.2. The van der Waals surface area contributed by atoms with Crippen molar-refractivity contribution in [1.82, 2.24) is 4.98 Å². The lowest BCUT2D eigenvalue weighted by Gasteiger charge is -2.23. The number of para-hydroxylation sites is 1. The molecule has 0 saturated carbocycles. The third kappa shape index (κ3) is 3.86. The Morgan fingerprint density at radius 1 is 0.758 bits per heavy atom. The first-order chi connectivity index (χ1) is 16.1. The summed E-state index contributed by atoms with van der Waals surface area (Å²) in [6.45, 7) is 0. The fraction of sp³-hybridized carbons (Fsp3) is 0.231. The molecule has 170 valence electrons. The molecule has 4 aromatic rings. The largest absolute Gasteiger partial charge is 0.493 e. The van der Waals surface area contributed by atoms with Crippen LogP contribution in [0.3, 0.4) is 0 Å². The fourth-order valence-electron chi connectivity index (χ4n) is 4.12. The van der Waals surface area contributed by atoms with Gasteiger partial charge in [0.15, 0.2) is 23.0 Å². The number of methoxy groups -OCH3 is 5. The van der Waals surface area contributed by atoms with E-state index in [-0.39, 0.29) is 0 Å². The SMILES string of the molecule is COC(=O)C(c1ccc(OC)c(OC)c1)c1c(OC)c(OC)cc2nc3ccccc3cc12. The van der Waals surface area contributed by atoms with Gasteiger partial charge in [0, 0.05) is 22.4 Å². The zero-order chi connectivity index (χ0) is 23.5. The van der Waals surface area contributed by atoms with Crippen molar-refractivity contribution in [1.29, 1.82) is 0 Å². The lowest BCUT2D eigenvalue weighted by molar-refractivity contribution is -0.141. The quantitative estimate of drug-likeness (QED) is 0.299. The van der Waals surface area contributed by atoms with E-state index >= 15 is 0 Å². The highest BCUT2D eigenvalue weighted by molar-refractivity contribution is 6.00. The molecule has 1 heterocycles. The van der Waals surface area contributed by atoms with E-state index in [0.29, 0.717) is 39.6 Å². The number of rotatable bonds is 7. The van der Waals surface area contributed by atoms with E-state index in [1.807, 2.05) is 42.5 Å². The number of ether oxygens (including phenoxy) is 5. The first kappa shape index (κ1) is 22.2. The van der Waals surface area contributed by atoms with Crippen LogP contribution >= 0.6 is 0 Å². The Morgan fingerprint density at radius 2 is 1.48 bits per heavy atom. The van der Waals surface area contributed by atoms with Gasteiger partial charge in [0.2, 0.25) is 0 Å². The number of aromatic nitrogens is 1. The topological polar surface area (TPSA) is 76.1 Å². The van der Waals surface area contributed by atoms with Gasteiger partial charge in [0.05, 0.1) is 46.6 Å². The second kappa shape index (κ2) is 9.24. The van der Waals surface area contributed by atoms with Gasteiger partial charge in [-0.15, -0.1) is 0 Å². The van der Waals surface area contributed by atoms with Crippen LogP contribution in [-0.2, 0) is 9.53 Å². The average molecular weight is 447 g/mol. The molecule has 7 heteroatoms. The van der Waals surface area contributed by atoms with Gasteiger partial charge in [-0.25, -0.2) is 4.98 Å². The van der Waals surface area contributed by atoms with Crippen LogP contribution in [0.1, 0.15) is 17.0 Å². The van der Waals surface area contributed by atoms with Crippen molar-refractivity contribution in [3.63, 3.8) is 0 Å². The van der Waals surface area contributed by atoms with Crippen LogP contribution in [-0.4, -0.2) is 46.5 Å². The van der Waals surface area contributed by atoms with E-state index in [4.69, 9.17) is 28.7 Å². The van der Waals surface area contributed by atoms with Gasteiger partial charge in [-0.1, -0.05) is 24.3 Å². The van der Waals surface area contributed by atoms with Gasteiger partial charge >= 0.3 is 5.97 Å². The molecule has 0 aliphatic heterocycles. The summed E-state index contributed by atoms with van der Waals surface area (Å²) in [4.78, 5) is 18.0. The molecular formula is C26H25NO6. The van der Waals surface area contributed by atoms with Gasteiger partial charge in [-0.05, 0) is 29.8 Å². The lowest BCUT2D eigenvalue weighted by atomic mass is 9.87. The molecule has 0 aliphatic rings. The van der Waals surface area contributed by atoms with Crippen LogP contribution in [0.5, 0.6) is 23.0 Å². The summed E-state index contributed by atoms with van der Waals surface area (Å²) in [5, 5.41) is 1.70. The Kier molecular flexibility index (Phi) is 6.22. The summed E-state index contributed by atoms with van der Waals surface area (Å²) in [5.41, 5.74) is 2.77. The summed E-state index contributed by atoms with van der Waals surface area (Å²) in [7, 11) is 7.57. The van der Waals surface area contributed by atoms with Crippen LogP contribution < -0.4 is 18.9 Å². The minimum atomic E-state index is -0.828. The third-order valence-corrected chi connectivity index (χ3v) is 5.67. The number of fused-ring (bicyclic) bond motifs is 2. The predicted molar refractivity (Wildman–Crippen MR) is 126 cm³/mol. The summed E-state index contributed by atoms with van der Waals surface area (Å²) in [6.07, 6.45) is 0. The van der Waals surface area contributed by atoms with Crippen molar-refractivity contribution in [3.05, 3.63) is 65.7 Å². The number of benzene rings is 3. The number of carbonyl (C=O) groups is 1. The van der Waals surface area contributed by atoms with E-state index < -0.39 is 11.9 Å². The van der Waals surface area contributed by atoms with Crippen LogP contribution in [0.4, 0.5) is 0 Å². The first-order valence-electron chi connectivity index (χ1n) is 10.3. The minimum Gasteiger partial charge on any atom is -0.493 e. The molecule has 0 saturated heterocycles. The first-order valence-corrected chi connectivity index (χ1v) is 10.3. The monoisotopic (exact) mass is 447 g/mol. The van der Waals surface area contributed by atoms with E-state index in [2.05, 4.69) is 0 Å². The second-order valence-corrected chi connectivity index (χ2v) is 7.34. The molecule has 4 rings (SSSR count). The standard InChI is InChI=1S/C26H25NO6/c1-29-20-11-10-16(13-21(20)30-2)23(26(28)33-5)24-17-12-15-8-6-7-9-18(15)27-19(17)14-22(31-3)25(24)32-4/h6-14,23H,1-5H3. The zero-order valence-electron chi connectivity index (χ0n) is 19.2. The highest BCUT2D eigenvalue weighted by atomic mass is 16.5. The summed E-state index contributed by atoms with van der Waals surface area (Å²) in [5.74, 6) is 0.677. The van der Waals surface area contributed by atoms with Crippen LogP contribution in [0.25, 0.3) is 21.8 Å². The van der Waals surface area contributed by atoms with Gasteiger partial charge in [-0.3, -0.25) is 4.79 Å². The Bertz CT molecular complexity index is 1330. The number of nitrogens with zero attached hydrogens (tertiary/aromatic N) is 1. The molecule has 0 fully saturated rings. The van der Waals surface area contributed by atoms with E-state index in [1.54, 1.807) is 40.6 Å². The summed E-state index contributed by atoms with van der Waals surface area (Å²) in [6, 6.07) is 16.9. The minimum absolute atomic E-state index is 0.437. The van der Waals surface area contributed by atoms with E-state index in [9.17, 15) is 4.79 Å². The van der Waals surface area contributed by atoms with Crippen LogP contribution in [0, 0.1) is 0 Å². The normalized spacial score (nSPS) is 11.8. The van der Waals surface area contributed by atoms with Crippen molar-refractivity contribution < 1.29 is 28.5 Å². The van der Waals surface area contributed by atoms with Gasteiger partial charge in [-0.2, -0.15) is 0 Å². The second-order valence-electron chi connectivity index (χ2n) is 7.34. The number of carbonyl (C=O) groups excluding carboxylic acids is 1. The molecule has 0 aliphatic carbocycles. The van der Waals surface area contributed by atoms with Gasteiger partial charge < -0.3 is 23.7 Å². The lowest BCUT2D eigenvalue weighted by Crippen LogP contribution is -2.18. The maximum atomic E-state index is 13.2. The van der Waals surface area contributed by atoms with E-state index in [1.165, 1.54) is 7.11 Å². The summed E-state index contributed by atoms with van der Waals surface area (Å²) < 4.78 is 27.5. The fourth-order valence-corrected chi connectivity index (χ4v) is 4.12. The molecule has 0 spiro atoms. The highest BCUT2D eigenvalue weighted by Crippen LogP contribution is 2.45. The van der Waals surface area contributed by atoms with Crippen LogP contribution in [0.2, 0.25) is 0 Å². The summed E-state index contributed by atoms with van der Waals surface area (Å²) >= 11 is 0. The molecule has 0 amide bonds. The third-order valence-electron chi connectivity index (χ3n) is 5.67. The Hall–Kier alpha value is -4.00. The maximum Gasteiger partial charge on any atom is 0.317 e. The molecule has 0 bridgehead atoms. The number of pyridine rings is 1.